The van der Waals surface area contributed by atoms with Gasteiger partial charge in [-0.15, -0.1) is 12.4 Å². The van der Waals surface area contributed by atoms with E-state index in [-0.39, 0.29) is 12.4 Å². The second kappa shape index (κ2) is 6.93. The molecule has 0 saturated carbocycles. The van der Waals surface area contributed by atoms with Crippen LogP contribution in [0.5, 0.6) is 0 Å². The van der Waals surface area contributed by atoms with Gasteiger partial charge in [0.25, 0.3) is 0 Å². The van der Waals surface area contributed by atoms with Crippen molar-refractivity contribution < 1.29 is 0 Å². The van der Waals surface area contributed by atoms with Gasteiger partial charge in [0, 0.05) is 6.04 Å². The highest BCUT2D eigenvalue weighted by Crippen LogP contribution is 2.04. The summed E-state index contributed by atoms with van der Waals surface area (Å²) in [6.07, 6.45) is 3.28. The van der Waals surface area contributed by atoms with Crippen molar-refractivity contribution in [1.29, 1.82) is 0 Å². The van der Waals surface area contributed by atoms with Crippen molar-refractivity contribution in [2.24, 2.45) is 5.73 Å². The predicted octanol–water partition coefficient (Wildman–Crippen LogP) is 2.78. The number of halogens is 1. The summed E-state index contributed by atoms with van der Waals surface area (Å²) in [7, 11) is 0. The number of hydrogen-bond acceptors (Lipinski definition) is 1. The molecule has 1 atom stereocenters. The van der Waals surface area contributed by atoms with Crippen molar-refractivity contribution in [2.45, 2.75) is 32.2 Å². The average molecular weight is 200 g/mol. The Balaban J connectivity index is 0.00000144. The van der Waals surface area contributed by atoms with Crippen molar-refractivity contribution in [2.75, 3.05) is 0 Å². The molecule has 0 bridgehead atoms. The smallest absolute Gasteiger partial charge is 0.00393 e. The molecule has 0 aliphatic heterocycles. The van der Waals surface area contributed by atoms with Crippen molar-refractivity contribution in [3.05, 3.63) is 35.9 Å². The topological polar surface area (TPSA) is 26.0 Å². The van der Waals surface area contributed by atoms with E-state index in [2.05, 4.69) is 31.2 Å². The Hall–Kier alpha value is -0.530. The average Bonchev–Trinajstić information content (AvgIpc) is 2.16. The van der Waals surface area contributed by atoms with Crippen LogP contribution in [0.3, 0.4) is 0 Å². The largest absolute Gasteiger partial charge is 0.328 e. The molecule has 0 saturated heterocycles. The molecule has 0 heterocycles. The van der Waals surface area contributed by atoms with Gasteiger partial charge in [-0.05, 0) is 24.8 Å². The molecule has 2 N–H and O–H groups in total. The fourth-order valence-electron chi connectivity index (χ4n) is 1.20. The first-order valence-corrected chi connectivity index (χ1v) is 4.62. The molecule has 0 aliphatic rings. The number of aryl methyl sites for hydroxylation is 1. The Labute approximate surface area is 86.7 Å². The minimum Gasteiger partial charge on any atom is -0.328 e. The molecule has 0 fully saturated rings. The highest BCUT2D eigenvalue weighted by atomic mass is 35.5. The first-order chi connectivity index (χ1) is 5.83. The van der Waals surface area contributed by atoms with Crippen LogP contribution in [0.25, 0.3) is 0 Å². The summed E-state index contributed by atoms with van der Waals surface area (Å²) in [5.74, 6) is 0. The lowest BCUT2D eigenvalue weighted by Crippen LogP contribution is -2.18. The summed E-state index contributed by atoms with van der Waals surface area (Å²) >= 11 is 0. The van der Waals surface area contributed by atoms with Crippen LogP contribution in [0.2, 0.25) is 0 Å². The maximum atomic E-state index is 5.82. The monoisotopic (exact) mass is 199 g/mol. The van der Waals surface area contributed by atoms with Crippen molar-refractivity contribution in [3.8, 4) is 0 Å². The zero-order valence-corrected chi connectivity index (χ0v) is 8.89. The molecule has 2 heteroatoms. The van der Waals surface area contributed by atoms with Crippen LogP contribution in [0.4, 0.5) is 0 Å². The van der Waals surface area contributed by atoms with E-state index in [0.717, 1.165) is 19.3 Å². The second-order valence-corrected chi connectivity index (χ2v) is 3.19. The van der Waals surface area contributed by atoms with Gasteiger partial charge in [0.2, 0.25) is 0 Å². The lowest BCUT2D eigenvalue weighted by atomic mass is 10.0. The van der Waals surface area contributed by atoms with Gasteiger partial charge < -0.3 is 5.73 Å². The van der Waals surface area contributed by atoms with Crippen molar-refractivity contribution >= 4 is 12.4 Å². The molecule has 13 heavy (non-hydrogen) atoms. The fourth-order valence-corrected chi connectivity index (χ4v) is 1.20. The first kappa shape index (κ1) is 12.5. The van der Waals surface area contributed by atoms with Crippen LogP contribution in [0, 0.1) is 0 Å². The van der Waals surface area contributed by atoms with Crippen molar-refractivity contribution in [3.63, 3.8) is 0 Å². The van der Waals surface area contributed by atoms with Gasteiger partial charge >= 0.3 is 0 Å². The van der Waals surface area contributed by atoms with Crippen LogP contribution in [-0.2, 0) is 6.42 Å². The molecule has 1 rings (SSSR count). The van der Waals surface area contributed by atoms with E-state index in [1.165, 1.54) is 5.56 Å². The summed E-state index contributed by atoms with van der Waals surface area (Å²) in [5.41, 5.74) is 7.21. The molecule has 0 spiro atoms. The molecule has 1 aromatic rings. The summed E-state index contributed by atoms with van der Waals surface area (Å²) in [6, 6.07) is 10.9. The molecule has 1 unspecified atom stereocenters. The lowest BCUT2D eigenvalue weighted by molar-refractivity contribution is 0.596. The molecule has 0 radical (unpaired) electrons. The quantitative estimate of drug-likeness (QED) is 0.793. The van der Waals surface area contributed by atoms with Gasteiger partial charge in [-0.2, -0.15) is 0 Å². The number of benzene rings is 1. The van der Waals surface area contributed by atoms with Crippen LogP contribution >= 0.6 is 12.4 Å². The van der Waals surface area contributed by atoms with Gasteiger partial charge in [-0.25, -0.2) is 0 Å². The SMILES string of the molecule is CCC(N)CCc1ccccc1.Cl. The number of nitrogens with two attached hydrogens (primary N) is 1. The van der Waals surface area contributed by atoms with Crippen LogP contribution in [0.15, 0.2) is 30.3 Å². The highest BCUT2D eigenvalue weighted by molar-refractivity contribution is 5.85. The Morgan fingerprint density at radius 2 is 1.85 bits per heavy atom. The van der Waals surface area contributed by atoms with E-state index in [1.54, 1.807) is 0 Å². The number of hydrogen-bond donors (Lipinski definition) is 1. The summed E-state index contributed by atoms with van der Waals surface area (Å²) < 4.78 is 0. The third-order valence-electron chi connectivity index (χ3n) is 2.17. The summed E-state index contributed by atoms with van der Waals surface area (Å²) in [6.45, 7) is 2.13. The van der Waals surface area contributed by atoms with E-state index in [4.69, 9.17) is 5.73 Å². The highest BCUT2D eigenvalue weighted by Gasteiger charge is 1.98. The van der Waals surface area contributed by atoms with Crippen LogP contribution < -0.4 is 5.73 Å². The summed E-state index contributed by atoms with van der Waals surface area (Å²) in [5, 5.41) is 0. The molecule has 0 aliphatic carbocycles. The minimum absolute atomic E-state index is 0. The van der Waals surface area contributed by atoms with E-state index >= 15 is 0 Å². The van der Waals surface area contributed by atoms with Gasteiger partial charge in [0.1, 0.15) is 0 Å². The third-order valence-corrected chi connectivity index (χ3v) is 2.17. The second-order valence-electron chi connectivity index (χ2n) is 3.19. The zero-order valence-electron chi connectivity index (χ0n) is 8.07. The van der Waals surface area contributed by atoms with E-state index in [9.17, 15) is 0 Å². The molecule has 0 aromatic heterocycles. The normalized spacial score (nSPS) is 11.8. The Bertz CT molecular complexity index is 211. The Morgan fingerprint density at radius 3 is 2.38 bits per heavy atom. The van der Waals surface area contributed by atoms with E-state index < -0.39 is 0 Å². The zero-order chi connectivity index (χ0) is 8.81. The molecule has 74 valence electrons. The maximum Gasteiger partial charge on any atom is 0.00393 e. The van der Waals surface area contributed by atoms with Gasteiger partial charge in [0.15, 0.2) is 0 Å². The van der Waals surface area contributed by atoms with Gasteiger partial charge in [-0.3, -0.25) is 0 Å². The maximum absolute atomic E-state index is 5.82. The minimum atomic E-state index is 0. The van der Waals surface area contributed by atoms with Crippen LogP contribution in [-0.4, -0.2) is 6.04 Å². The van der Waals surface area contributed by atoms with Gasteiger partial charge in [-0.1, -0.05) is 37.3 Å². The Morgan fingerprint density at radius 1 is 1.23 bits per heavy atom. The molecular weight excluding hydrogens is 182 g/mol. The lowest BCUT2D eigenvalue weighted by Gasteiger charge is -2.07. The standard InChI is InChI=1S/C11H17N.ClH/c1-2-11(12)9-8-10-6-4-3-5-7-10;/h3-7,11H,2,8-9,12H2,1H3;1H. The summed E-state index contributed by atoms with van der Waals surface area (Å²) in [4.78, 5) is 0. The fraction of sp³-hybridized carbons (Fsp3) is 0.455. The molecule has 0 amide bonds. The predicted molar refractivity (Wildman–Crippen MR) is 60.3 cm³/mol. The molecule has 1 aromatic carbocycles. The molecular formula is C11H18ClN. The Kier molecular flexibility index (Phi) is 6.65. The van der Waals surface area contributed by atoms with E-state index in [1.807, 2.05) is 6.07 Å². The first-order valence-electron chi connectivity index (χ1n) is 4.62. The van der Waals surface area contributed by atoms with Crippen molar-refractivity contribution in [1.82, 2.24) is 0 Å². The third kappa shape index (κ3) is 4.91. The molecule has 1 nitrogen and oxygen atoms in total. The number of rotatable bonds is 4. The van der Waals surface area contributed by atoms with Gasteiger partial charge in [0.05, 0.1) is 0 Å². The van der Waals surface area contributed by atoms with Crippen LogP contribution in [0.1, 0.15) is 25.3 Å². The van der Waals surface area contributed by atoms with E-state index in [0.29, 0.717) is 6.04 Å².